The van der Waals surface area contributed by atoms with Crippen LogP contribution < -0.4 is 5.32 Å². The van der Waals surface area contributed by atoms with Crippen LogP contribution >= 0.6 is 12.4 Å². The van der Waals surface area contributed by atoms with Crippen LogP contribution in [0.4, 0.5) is 14.6 Å². The summed E-state index contributed by atoms with van der Waals surface area (Å²) in [5, 5.41) is 10.8. The van der Waals surface area contributed by atoms with Gasteiger partial charge in [0.25, 0.3) is 0 Å². The van der Waals surface area contributed by atoms with E-state index in [4.69, 9.17) is 0 Å². The first-order valence-electron chi connectivity index (χ1n) is 5.12. The maximum Gasteiger partial charge on any atom is 0.333 e. The molecule has 18 heavy (non-hydrogen) atoms. The highest BCUT2D eigenvalue weighted by atomic mass is 35.5. The molecule has 0 bridgehead atoms. The van der Waals surface area contributed by atoms with Gasteiger partial charge in [-0.2, -0.15) is 19.0 Å². The van der Waals surface area contributed by atoms with Crippen molar-refractivity contribution in [3.8, 4) is 0 Å². The smallest absolute Gasteiger partial charge is 0.333 e. The largest absolute Gasteiger partial charge is 0.364 e. The van der Waals surface area contributed by atoms with Gasteiger partial charge in [-0.1, -0.05) is 0 Å². The lowest BCUT2D eigenvalue weighted by molar-refractivity contribution is 0.0569. The van der Waals surface area contributed by atoms with Crippen LogP contribution in [0.1, 0.15) is 17.8 Å². The maximum absolute atomic E-state index is 12.3. The van der Waals surface area contributed by atoms with Gasteiger partial charge in [0, 0.05) is 37.6 Å². The Morgan fingerprint density at radius 3 is 2.61 bits per heavy atom. The van der Waals surface area contributed by atoms with E-state index in [1.807, 2.05) is 20.2 Å². The molecule has 0 radical (unpaired) electrons. The third-order valence-electron chi connectivity index (χ3n) is 2.38. The van der Waals surface area contributed by atoms with Crippen molar-refractivity contribution in [3.05, 3.63) is 29.7 Å². The molecule has 100 valence electrons. The van der Waals surface area contributed by atoms with Crippen LogP contribution in [0, 0.1) is 6.92 Å². The van der Waals surface area contributed by atoms with Gasteiger partial charge in [0.1, 0.15) is 5.82 Å². The van der Waals surface area contributed by atoms with Gasteiger partial charge in [-0.25, -0.2) is 4.68 Å². The molecule has 2 aromatic rings. The molecule has 1 N–H and O–H groups in total. The van der Waals surface area contributed by atoms with Crippen molar-refractivity contribution in [3.63, 3.8) is 0 Å². The van der Waals surface area contributed by atoms with Crippen molar-refractivity contribution in [2.24, 2.45) is 7.05 Å². The molecule has 0 unspecified atom stereocenters. The molecule has 0 fully saturated rings. The standard InChI is InChI=1S/C10H13F2N5.ClH/c1-7-8(6-16(2)14-7)5-13-9-3-4-17(15-9)10(11)12;/h3-4,6,10H,5H2,1-2H3,(H,13,15);1H. The van der Waals surface area contributed by atoms with Gasteiger partial charge < -0.3 is 5.32 Å². The minimum atomic E-state index is -2.61. The minimum Gasteiger partial charge on any atom is -0.364 e. The molecular formula is C10H14ClF2N5. The van der Waals surface area contributed by atoms with Crippen molar-refractivity contribution in [2.75, 3.05) is 5.32 Å². The van der Waals surface area contributed by atoms with E-state index >= 15 is 0 Å². The molecule has 0 aliphatic carbocycles. The number of halogens is 3. The van der Waals surface area contributed by atoms with Crippen LogP contribution in [-0.4, -0.2) is 19.6 Å². The highest BCUT2D eigenvalue weighted by Crippen LogP contribution is 2.13. The first-order valence-corrected chi connectivity index (χ1v) is 5.12. The quantitative estimate of drug-likeness (QED) is 0.933. The number of nitrogens with zero attached hydrogens (tertiary/aromatic N) is 4. The zero-order valence-corrected chi connectivity index (χ0v) is 10.8. The van der Waals surface area contributed by atoms with Gasteiger partial charge in [0.15, 0.2) is 0 Å². The molecule has 0 saturated heterocycles. The Morgan fingerprint density at radius 2 is 2.11 bits per heavy atom. The third-order valence-corrected chi connectivity index (χ3v) is 2.38. The number of anilines is 1. The summed E-state index contributed by atoms with van der Waals surface area (Å²) < 4.78 is 26.9. The predicted molar refractivity (Wildman–Crippen MR) is 66.0 cm³/mol. The van der Waals surface area contributed by atoms with Gasteiger partial charge >= 0.3 is 6.55 Å². The lowest BCUT2D eigenvalue weighted by Gasteiger charge is -2.01. The van der Waals surface area contributed by atoms with E-state index in [0.717, 1.165) is 11.3 Å². The number of aryl methyl sites for hydroxylation is 2. The van der Waals surface area contributed by atoms with E-state index in [9.17, 15) is 8.78 Å². The fraction of sp³-hybridized carbons (Fsp3) is 0.400. The number of hydrogen-bond acceptors (Lipinski definition) is 3. The number of hydrogen-bond donors (Lipinski definition) is 1. The summed E-state index contributed by atoms with van der Waals surface area (Å²) in [6.07, 6.45) is 3.12. The Labute approximate surface area is 109 Å². The van der Waals surface area contributed by atoms with Gasteiger partial charge in [0.2, 0.25) is 0 Å². The van der Waals surface area contributed by atoms with Crippen molar-refractivity contribution in [1.82, 2.24) is 19.6 Å². The minimum absolute atomic E-state index is 0. The van der Waals surface area contributed by atoms with E-state index < -0.39 is 6.55 Å². The average Bonchev–Trinajstić information content (AvgIpc) is 2.82. The lowest BCUT2D eigenvalue weighted by Crippen LogP contribution is -2.03. The first-order chi connectivity index (χ1) is 8.06. The molecule has 0 aromatic carbocycles. The summed E-state index contributed by atoms with van der Waals surface area (Å²) in [5.41, 5.74) is 1.92. The maximum atomic E-state index is 12.3. The molecule has 2 aromatic heterocycles. The Bertz CT molecular complexity index is 508. The van der Waals surface area contributed by atoms with Crippen LogP contribution in [0.5, 0.6) is 0 Å². The number of alkyl halides is 2. The van der Waals surface area contributed by atoms with Crippen LogP contribution in [-0.2, 0) is 13.6 Å². The predicted octanol–water partition coefficient (Wildman–Crippen LogP) is 2.35. The zero-order chi connectivity index (χ0) is 12.4. The molecular weight excluding hydrogens is 264 g/mol. The molecule has 8 heteroatoms. The van der Waals surface area contributed by atoms with E-state index in [-0.39, 0.29) is 12.4 Å². The molecule has 5 nitrogen and oxygen atoms in total. The highest BCUT2D eigenvalue weighted by Gasteiger charge is 2.08. The van der Waals surface area contributed by atoms with Gasteiger partial charge in [-0.05, 0) is 6.92 Å². The van der Waals surface area contributed by atoms with Gasteiger partial charge in [0.05, 0.1) is 5.69 Å². The summed E-state index contributed by atoms with van der Waals surface area (Å²) in [6.45, 7) is -0.194. The monoisotopic (exact) mass is 277 g/mol. The van der Waals surface area contributed by atoms with E-state index in [1.54, 1.807) is 4.68 Å². The molecule has 0 spiro atoms. The summed E-state index contributed by atoms with van der Waals surface area (Å²) in [6, 6.07) is 1.51. The van der Waals surface area contributed by atoms with Gasteiger partial charge in [-0.3, -0.25) is 4.68 Å². The normalized spacial score (nSPS) is 10.5. The Morgan fingerprint density at radius 1 is 1.39 bits per heavy atom. The van der Waals surface area contributed by atoms with E-state index in [2.05, 4.69) is 15.5 Å². The number of rotatable bonds is 4. The summed E-state index contributed by atoms with van der Waals surface area (Å²) in [4.78, 5) is 0. The Balaban J connectivity index is 0.00000162. The summed E-state index contributed by atoms with van der Waals surface area (Å²) in [7, 11) is 1.84. The Kier molecular flexibility index (Phi) is 4.66. The molecule has 0 aliphatic heterocycles. The second-order valence-corrected chi connectivity index (χ2v) is 3.73. The van der Waals surface area contributed by atoms with Crippen molar-refractivity contribution >= 4 is 18.2 Å². The zero-order valence-electron chi connectivity index (χ0n) is 9.97. The second kappa shape index (κ2) is 5.81. The highest BCUT2D eigenvalue weighted by molar-refractivity contribution is 5.85. The summed E-state index contributed by atoms with van der Waals surface area (Å²) >= 11 is 0. The van der Waals surface area contributed by atoms with Gasteiger partial charge in [-0.15, -0.1) is 12.4 Å². The third kappa shape index (κ3) is 3.19. The van der Waals surface area contributed by atoms with E-state index in [1.165, 1.54) is 12.3 Å². The number of nitrogens with one attached hydrogen (secondary N) is 1. The van der Waals surface area contributed by atoms with Crippen LogP contribution in [0.3, 0.4) is 0 Å². The molecule has 0 saturated carbocycles. The molecule has 2 heterocycles. The first kappa shape index (κ1) is 14.4. The summed E-state index contributed by atoms with van der Waals surface area (Å²) in [5.74, 6) is 0.425. The molecule has 0 atom stereocenters. The van der Waals surface area contributed by atoms with E-state index in [0.29, 0.717) is 17.0 Å². The molecule has 0 aliphatic rings. The Hall–Kier alpha value is -1.63. The second-order valence-electron chi connectivity index (χ2n) is 3.73. The molecule has 2 rings (SSSR count). The fourth-order valence-electron chi connectivity index (χ4n) is 1.55. The topological polar surface area (TPSA) is 47.7 Å². The van der Waals surface area contributed by atoms with Crippen molar-refractivity contribution in [2.45, 2.75) is 20.0 Å². The number of aromatic nitrogens is 4. The SMILES string of the molecule is Cc1nn(C)cc1CNc1ccn(C(F)F)n1.Cl. The molecule has 0 amide bonds. The van der Waals surface area contributed by atoms with Crippen LogP contribution in [0.25, 0.3) is 0 Å². The average molecular weight is 278 g/mol. The van der Waals surface area contributed by atoms with Crippen molar-refractivity contribution in [1.29, 1.82) is 0 Å². The lowest BCUT2D eigenvalue weighted by atomic mass is 10.2. The van der Waals surface area contributed by atoms with Crippen LogP contribution in [0.15, 0.2) is 18.5 Å². The fourth-order valence-corrected chi connectivity index (χ4v) is 1.55. The van der Waals surface area contributed by atoms with Crippen LogP contribution in [0.2, 0.25) is 0 Å². The van der Waals surface area contributed by atoms with Crippen molar-refractivity contribution < 1.29 is 8.78 Å².